The highest BCUT2D eigenvalue weighted by Gasteiger charge is 2.47. The Labute approximate surface area is 176 Å². The summed E-state index contributed by atoms with van der Waals surface area (Å²) >= 11 is 0. The van der Waals surface area contributed by atoms with Gasteiger partial charge in [0.15, 0.2) is 6.29 Å². The Morgan fingerprint density at radius 3 is 2.47 bits per heavy atom. The van der Waals surface area contributed by atoms with Gasteiger partial charge in [-0.15, -0.1) is 0 Å². The van der Waals surface area contributed by atoms with Gasteiger partial charge in [0.05, 0.1) is 6.61 Å². The number of hydrogen-bond acceptors (Lipinski definition) is 7. The second kappa shape index (κ2) is 11.4. The van der Waals surface area contributed by atoms with Crippen LogP contribution in [0.25, 0.3) is 0 Å². The number of benzene rings is 1. The third kappa shape index (κ3) is 6.48. The van der Waals surface area contributed by atoms with E-state index in [2.05, 4.69) is 10.6 Å². The standard InChI is InChI=1S/C21H32N2O7/c1-4-16(25)23-17-19(18(26)15(11-24)30-21(17)28)29-13(3)20(27)22-12(2)10-14-8-6-5-7-9-14/h5-9,12-13,15,17-19,21,24,26,28H,4,10-11H2,1-3H3,(H,22,27)(H,23,25). The number of carbonyl (C=O) groups is 2. The molecule has 1 aromatic carbocycles. The second-order valence-electron chi connectivity index (χ2n) is 7.53. The van der Waals surface area contributed by atoms with Gasteiger partial charge in [-0.05, 0) is 25.8 Å². The van der Waals surface area contributed by atoms with E-state index in [1.165, 1.54) is 6.92 Å². The third-order valence-corrected chi connectivity index (χ3v) is 5.03. The van der Waals surface area contributed by atoms with Crippen molar-refractivity contribution in [2.45, 2.75) is 76.4 Å². The van der Waals surface area contributed by atoms with E-state index < -0.39 is 49.3 Å². The predicted octanol–water partition coefficient (Wildman–Crippen LogP) is -0.527. The molecule has 1 aliphatic rings. The lowest BCUT2D eigenvalue weighted by atomic mass is 9.96. The van der Waals surface area contributed by atoms with Crippen LogP contribution in [-0.2, 0) is 25.5 Å². The maximum absolute atomic E-state index is 12.6. The maximum Gasteiger partial charge on any atom is 0.249 e. The number of aliphatic hydroxyl groups is 3. The van der Waals surface area contributed by atoms with Crippen LogP contribution in [0.1, 0.15) is 32.8 Å². The fourth-order valence-corrected chi connectivity index (χ4v) is 3.36. The summed E-state index contributed by atoms with van der Waals surface area (Å²) in [5.41, 5.74) is 1.08. The molecular formula is C21H32N2O7. The molecule has 30 heavy (non-hydrogen) atoms. The number of aliphatic hydroxyl groups excluding tert-OH is 3. The monoisotopic (exact) mass is 424 g/mol. The summed E-state index contributed by atoms with van der Waals surface area (Å²) in [6.07, 6.45) is -5.29. The summed E-state index contributed by atoms with van der Waals surface area (Å²) in [5, 5.41) is 35.5. The molecule has 2 amide bonds. The molecule has 1 aromatic rings. The number of carbonyl (C=O) groups excluding carboxylic acids is 2. The molecule has 1 heterocycles. The normalized spacial score (nSPS) is 28.4. The van der Waals surface area contributed by atoms with Gasteiger partial charge in [-0.3, -0.25) is 9.59 Å². The molecule has 0 radical (unpaired) electrons. The molecule has 0 aromatic heterocycles. The van der Waals surface area contributed by atoms with Crippen LogP contribution in [0.3, 0.4) is 0 Å². The highest BCUT2D eigenvalue weighted by atomic mass is 16.6. The molecule has 9 heteroatoms. The van der Waals surface area contributed by atoms with Gasteiger partial charge in [0.25, 0.3) is 0 Å². The zero-order chi connectivity index (χ0) is 22.3. The molecule has 1 fully saturated rings. The van der Waals surface area contributed by atoms with Gasteiger partial charge in [0, 0.05) is 12.5 Å². The van der Waals surface area contributed by atoms with Crippen LogP contribution >= 0.6 is 0 Å². The molecule has 0 bridgehead atoms. The van der Waals surface area contributed by atoms with E-state index in [4.69, 9.17) is 9.47 Å². The Morgan fingerprint density at radius 2 is 1.87 bits per heavy atom. The zero-order valence-electron chi connectivity index (χ0n) is 17.5. The van der Waals surface area contributed by atoms with Crippen LogP contribution in [0, 0.1) is 0 Å². The van der Waals surface area contributed by atoms with E-state index in [1.807, 2.05) is 37.3 Å². The molecular weight excluding hydrogens is 392 g/mol. The first-order valence-electron chi connectivity index (χ1n) is 10.2. The van der Waals surface area contributed by atoms with Crippen molar-refractivity contribution in [3.05, 3.63) is 35.9 Å². The minimum absolute atomic E-state index is 0.155. The largest absolute Gasteiger partial charge is 0.394 e. The molecule has 2 rings (SSSR count). The van der Waals surface area contributed by atoms with Gasteiger partial charge in [-0.1, -0.05) is 37.3 Å². The first kappa shape index (κ1) is 24.2. The number of ether oxygens (including phenoxy) is 2. The zero-order valence-corrected chi connectivity index (χ0v) is 17.5. The summed E-state index contributed by atoms with van der Waals surface area (Å²) in [6, 6.07) is 8.47. The fraction of sp³-hybridized carbons (Fsp3) is 0.619. The quantitative estimate of drug-likeness (QED) is 0.359. The van der Waals surface area contributed by atoms with Crippen LogP contribution in [0.15, 0.2) is 30.3 Å². The van der Waals surface area contributed by atoms with Crippen molar-refractivity contribution < 1.29 is 34.4 Å². The molecule has 0 aliphatic carbocycles. The third-order valence-electron chi connectivity index (χ3n) is 5.03. The van der Waals surface area contributed by atoms with Crippen LogP contribution < -0.4 is 10.6 Å². The summed E-state index contributed by atoms with van der Waals surface area (Å²) < 4.78 is 10.9. The van der Waals surface area contributed by atoms with Crippen molar-refractivity contribution in [1.82, 2.24) is 10.6 Å². The van der Waals surface area contributed by atoms with Crippen LogP contribution in [0.4, 0.5) is 0 Å². The van der Waals surface area contributed by atoms with E-state index in [0.29, 0.717) is 6.42 Å². The number of rotatable bonds is 9. The Balaban J connectivity index is 2.02. The molecule has 1 aliphatic heterocycles. The van der Waals surface area contributed by atoms with Crippen LogP contribution in [0.5, 0.6) is 0 Å². The summed E-state index contributed by atoms with van der Waals surface area (Å²) in [5.74, 6) is -0.771. The van der Waals surface area contributed by atoms with E-state index in [1.54, 1.807) is 6.92 Å². The van der Waals surface area contributed by atoms with E-state index in [9.17, 15) is 24.9 Å². The van der Waals surface area contributed by atoms with E-state index >= 15 is 0 Å². The highest BCUT2D eigenvalue weighted by molar-refractivity contribution is 5.80. The smallest absolute Gasteiger partial charge is 0.249 e. The molecule has 0 saturated carbocycles. The SMILES string of the molecule is CCC(=O)NC1C(O)OC(CO)C(O)C1OC(C)C(=O)NC(C)Cc1ccccc1. The highest BCUT2D eigenvalue weighted by Crippen LogP contribution is 2.24. The van der Waals surface area contributed by atoms with Crippen LogP contribution in [0.2, 0.25) is 0 Å². The Bertz CT molecular complexity index is 687. The Morgan fingerprint density at radius 1 is 1.20 bits per heavy atom. The average Bonchev–Trinajstić information content (AvgIpc) is 2.73. The first-order chi connectivity index (χ1) is 14.3. The van der Waals surface area contributed by atoms with Gasteiger partial charge in [-0.2, -0.15) is 0 Å². The van der Waals surface area contributed by atoms with E-state index in [-0.39, 0.29) is 18.4 Å². The van der Waals surface area contributed by atoms with Crippen molar-refractivity contribution in [2.75, 3.05) is 6.61 Å². The molecule has 168 valence electrons. The van der Waals surface area contributed by atoms with Crippen molar-refractivity contribution in [3.8, 4) is 0 Å². The van der Waals surface area contributed by atoms with Gasteiger partial charge in [0.2, 0.25) is 11.8 Å². The van der Waals surface area contributed by atoms with Gasteiger partial charge < -0.3 is 35.4 Å². The lowest BCUT2D eigenvalue weighted by Gasteiger charge is -2.43. The van der Waals surface area contributed by atoms with Gasteiger partial charge in [0.1, 0.15) is 30.5 Å². The minimum atomic E-state index is -1.50. The van der Waals surface area contributed by atoms with Gasteiger partial charge in [-0.25, -0.2) is 0 Å². The van der Waals surface area contributed by atoms with Crippen molar-refractivity contribution in [1.29, 1.82) is 0 Å². The predicted molar refractivity (Wildman–Crippen MR) is 108 cm³/mol. The van der Waals surface area contributed by atoms with Crippen molar-refractivity contribution >= 4 is 11.8 Å². The summed E-state index contributed by atoms with van der Waals surface area (Å²) in [7, 11) is 0. The summed E-state index contributed by atoms with van der Waals surface area (Å²) in [4.78, 5) is 24.4. The topological polar surface area (TPSA) is 137 Å². The number of hydrogen-bond donors (Lipinski definition) is 5. The Kier molecular flexibility index (Phi) is 9.19. The Hall–Kier alpha value is -2.04. The molecule has 7 atom stereocenters. The lowest BCUT2D eigenvalue weighted by molar-refractivity contribution is -0.266. The molecule has 5 N–H and O–H groups in total. The number of amides is 2. The maximum atomic E-state index is 12.6. The number of nitrogens with one attached hydrogen (secondary N) is 2. The summed E-state index contributed by atoms with van der Waals surface area (Å²) in [6.45, 7) is 4.47. The molecule has 0 spiro atoms. The fourth-order valence-electron chi connectivity index (χ4n) is 3.36. The van der Waals surface area contributed by atoms with Crippen LogP contribution in [-0.4, -0.2) is 76.5 Å². The molecule has 1 saturated heterocycles. The van der Waals surface area contributed by atoms with Crippen molar-refractivity contribution in [2.24, 2.45) is 0 Å². The first-order valence-corrected chi connectivity index (χ1v) is 10.2. The average molecular weight is 424 g/mol. The molecule has 7 unspecified atom stereocenters. The van der Waals surface area contributed by atoms with Gasteiger partial charge >= 0.3 is 0 Å². The minimum Gasteiger partial charge on any atom is -0.394 e. The van der Waals surface area contributed by atoms with E-state index in [0.717, 1.165) is 5.56 Å². The molecule has 9 nitrogen and oxygen atoms in total. The lowest BCUT2D eigenvalue weighted by Crippen LogP contribution is -2.65. The second-order valence-corrected chi connectivity index (χ2v) is 7.53. The van der Waals surface area contributed by atoms with Crippen molar-refractivity contribution in [3.63, 3.8) is 0 Å².